The highest BCUT2D eigenvalue weighted by Crippen LogP contribution is 2.19. The average Bonchev–Trinajstić information content (AvgIpc) is 2.48. The SMILES string of the molecule is CCN(CC)c1ccc(CNCC(C)(C)CCOC)cc1. The predicted molar refractivity (Wildman–Crippen MR) is 92.0 cm³/mol. The Bertz CT molecular complexity index is 383. The molecule has 0 fully saturated rings. The van der Waals surface area contributed by atoms with E-state index in [9.17, 15) is 0 Å². The third kappa shape index (κ3) is 6.49. The summed E-state index contributed by atoms with van der Waals surface area (Å²) in [5.41, 5.74) is 2.93. The van der Waals surface area contributed by atoms with Crippen molar-refractivity contribution in [3.8, 4) is 0 Å². The van der Waals surface area contributed by atoms with Gasteiger partial charge in [-0.2, -0.15) is 0 Å². The third-order valence-electron chi connectivity index (χ3n) is 3.98. The molecule has 0 amide bonds. The highest BCUT2D eigenvalue weighted by molar-refractivity contribution is 5.47. The lowest BCUT2D eigenvalue weighted by atomic mass is 9.89. The van der Waals surface area contributed by atoms with Gasteiger partial charge in [0, 0.05) is 45.6 Å². The Morgan fingerprint density at radius 1 is 1.10 bits per heavy atom. The summed E-state index contributed by atoms with van der Waals surface area (Å²) in [7, 11) is 1.76. The maximum Gasteiger partial charge on any atom is 0.0467 e. The van der Waals surface area contributed by atoms with Gasteiger partial charge in [0.15, 0.2) is 0 Å². The van der Waals surface area contributed by atoms with Crippen molar-refractivity contribution in [3.63, 3.8) is 0 Å². The fourth-order valence-corrected chi connectivity index (χ4v) is 2.43. The van der Waals surface area contributed by atoms with E-state index in [4.69, 9.17) is 4.74 Å². The molecule has 0 heterocycles. The lowest BCUT2D eigenvalue weighted by Crippen LogP contribution is -2.30. The normalized spacial score (nSPS) is 11.7. The van der Waals surface area contributed by atoms with Crippen molar-refractivity contribution >= 4 is 5.69 Å². The van der Waals surface area contributed by atoms with Crippen LogP contribution in [0.1, 0.15) is 39.7 Å². The Balaban J connectivity index is 2.42. The summed E-state index contributed by atoms with van der Waals surface area (Å²) in [4.78, 5) is 2.37. The van der Waals surface area contributed by atoms with Gasteiger partial charge in [0.25, 0.3) is 0 Å². The van der Waals surface area contributed by atoms with Crippen molar-refractivity contribution < 1.29 is 4.74 Å². The predicted octanol–water partition coefficient (Wildman–Crippen LogP) is 3.69. The van der Waals surface area contributed by atoms with E-state index in [1.165, 1.54) is 11.3 Å². The Morgan fingerprint density at radius 2 is 1.71 bits per heavy atom. The van der Waals surface area contributed by atoms with Gasteiger partial charge in [-0.3, -0.25) is 0 Å². The molecule has 0 saturated carbocycles. The van der Waals surface area contributed by atoms with Crippen molar-refractivity contribution in [1.82, 2.24) is 5.32 Å². The molecule has 1 aromatic carbocycles. The van der Waals surface area contributed by atoms with Crippen molar-refractivity contribution in [1.29, 1.82) is 0 Å². The minimum absolute atomic E-state index is 0.275. The van der Waals surface area contributed by atoms with Gasteiger partial charge >= 0.3 is 0 Å². The smallest absolute Gasteiger partial charge is 0.0467 e. The Hall–Kier alpha value is -1.06. The topological polar surface area (TPSA) is 24.5 Å². The second-order valence-electron chi connectivity index (χ2n) is 6.35. The molecule has 0 saturated heterocycles. The molecule has 0 aromatic heterocycles. The average molecular weight is 292 g/mol. The van der Waals surface area contributed by atoms with E-state index in [-0.39, 0.29) is 5.41 Å². The van der Waals surface area contributed by atoms with Crippen LogP contribution in [0.2, 0.25) is 0 Å². The quantitative estimate of drug-likeness (QED) is 0.712. The number of nitrogens with one attached hydrogen (secondary N) is 1. The molecule has 0 unspecified atom stereocenters. The molecule has 0 spiro atoms. The summed E-state index contributed by atoms with van der Waals surface area (Å²) in [5.74, 6) is 0. The van der Waals surface area contributed by atoms with Crippen LogP contribution in [0.5, 0.6) is 0 Å². The summed E-state index contributed by atoms with van der Waals surface area (Å²) in [6.45, 7) is 13.8. The van der Waals surface area contributed by atoms with Gasteiger partial charge in [0.2, 0.25) is 0 Å². The lowest BCUT2D eigenvalue weighted by molar-refractivity contribution is 0.150. The lowest BCUT2D eigenvalue weighted by Gasteiger charge is -2.25. The van der Waals surface area contributed by atoms with Crippen LogP contribution in [-0.4, -0.2) is 33.4 Å². The molecule has 0 bridgehead atoms. The number of anilines is 1. The minimum atomic E-state index is 0.275. The highest BCUT2D eigenvalue weighted by atomic mass is 16.5. The number of nitrogens with zero attached hydrogens (tertiary/aromatic N) is 1. The van der Waals surface area contributed by atoms with Crippen molar-refractivity contribution in [2.75, 3.05) is 38.3 Å². The maximum absolute atomic E-state index is 5.17. The van der Waals surface area contributed by atoms with E-state index in [0.29, 0.717) is 0 Å². The van der Waals surface area contributed by atoms with Gasteiger partial charge in [0.05, 0.1) is 0 Å². The van der Waals surface area contributed by atoms with Gasteiger partial charge in [0.1, 0.15) is 0 Å². The third-order valence-corrected chi connectivity index (χ3v) is 3.98. The Morgan fingerprint density at radius 3 is 2.24 bits per heavy atom. The van der Waals surface area contributed by atoms with E-state index in [0.717, 1.165) is 39.2 Å². The second-order valence-corrected chi connectivity index (χ2v) is 6.35. The first-order chi connectivity index (χ1) is 10.0. The molecule has 21 heavy (non-hydrogen) atoms. The zero-order valence-electron chi connectivity index (χ0n) is 14.4. The number of rotatable bonds is 10. The molecular weight excluding hydrogens is 260 g/mol. The summed E-state index contributed by atoms with van der Waals surface area (Å²) >= 11 is 0. The van der Waals surface area contributed by atoms with Crippen LogP contribution < -0.4 is 10.2 Å². The monoisotopic (exact) mass is 292 g/mol. The molecule has 0 radical (unpaired) electrons. The molecule has 3 heteroatoms. The first-order valence-electron chi connectivity index (χ1n) is 8.06. The maximum atomic E-state index is 5.17. The summed E-state index contributed by atoms with van der Waals surface area (Å²) < 4.78 is 5.17. The number of methoxy groups -OCH3 is 1. The van der Waals surface area contributed by atoms with E-state index < -0.39 is 0 Å². The molecule has 1 rings (SSSR count). The Labute approximate surface area is 130 Å². The molecule has 1 N–H and O–H groups in total. The fourth-order valence-electron chi connectivity index (χ4n) is 2.43. The zero-order valence-corrected chi connectivity index (χ0v) is 14.4. The molecule has 120 valence electrons. The van der Waals surface area contributed by atoms with Crippen molar-refractivity contribution in [3.05, 3.63) is 29.8 Å². The van der Waals surface area contributed by atoms with Crippen LogP contribution in [0, 0.1) is 5.41 Å². The van der Waals surface area contributed by atoms with Gasteiger partial charge in [-0.15, -0.1) is 0 Å². The molecule has 3 nitrogen and oxygen atoms in total. The van der Waals surface area contributed by atoms with Crippen LogP contribution >= 0.6 is 0 Å². The number of hydrogen-bond donors (Lipinski definition) is 1. The number of hydrogen-bond acceptors (Lipinski definition) is 3. The number of ether oxygens (including phenoxy) is 1. The minimum Gasteiger partial charge on any atom is -0.385 e. The van der Waals surface area contributed by atoms with Crippen molar-refractivity contribution in [2.24, 2.45) is 5.41 Å². The van der Waals surface area contributed by atoms with Crippen molar-refractivity contribution in [2.45, 2.75) is 40.7 Å². The van der Waals surface area contributed by atoms with Gasteiger partial charge in [-0.05, 0) is 43.4 Å². The van der Waals surface area contributed by atoms with Crippen LogP contribution in [0.25, 0.3) is 0 Å². The standard InChI is InChI=1S/C18H32N2O/c1-6-20(7-2)17-10-8-16(9-11-17)14-19-15-18(3,4)12-13-21-5/h8-11,19H,6-7,12-15H2,1-5H3. The van der Waals surface area contributed by atoms with E-state index in [1.807, 2.05) is 0 Å². The molecule has 0 atom stereocenters. The molecule has 0 aliphatic heterocycles. The highest BCUT2D eigenvalue weighted by Gasteiger charge is 2.16. The first kappa shape index (κ1) is 18.0. The second kappa shape index (κ2) is 9.06. The zero-order chi connectivity index (χ0) is 15.7. The molecule has 1 aromatic rings. The van der Waals surface area contributed by atoms with Crippen LogP contribution in [0.3, 0.4) is 0 Å². The van der Waals surface area contributed by atoms with E-state index in [1.54, 1.807) is 7.11 Å². The summed E-state index contributed by atoms with van der Waals surface area (Å²) in [5, 5.41) is 3.56. The molecular formula is C18H32N2O. The fraction of sp³-hybridized carbons (Fsp3) is 0.667. The van der Waals surface area contributed by atoms with Crippen LogP contribution in [-0.2, 0) is 11.3 Å². The van der Waals surface area contributed by atoms with Gasteiger partial charge < -0.3 is 15.0 Å². The number of benzene rings is 1. The van der Waals surface area contributed by atoms with Crippen LogP contribution in [0.15, 0.2) is 24.3 Å². The van der Waals surface area contributed by atoms with E-state index >= 15 is 0 Å². The Kier molecular flexibility index (Phi) is 7.76. The van der Waals surface area contributed by atoms with Crippen LogP contribution in [0.4, 0.5) is 5.69 Å². The summed E-state index contributed by atoms with van der Waals surface area (Å²) in [6, 6.07) is 8.89. The van der Waals surface area contributed by atoms with Gasteiger partial charge in [-0.25, -0.2) is 0 Å². The molecule has 0 aliphatic carbocycles. The summed E-state index contributed by atoms with van der Waals surface area (Å²) in [6.07, 6.45) is 1.08. The first-order valence-corrected chi connectivity index (χ1v) is 8.06. The molecule has 0 aliphatic rings. The van der Waals surface area contributed by atoms with Gasteiger partial charge in [-0.1, -0.05) is 26.0 Å². The largest absolute Gasteiger partial charge is 0.385 e. The van der Waals surface area contributed by atoms with E-state index in [2.05, 4.69) is 62.2 Å².